The summed E-state index contributed by atoms with van der Waals surface area (Å²) in [6, 6.07) is 15.1. The molecule has 1 amide bonds. The van der Waals surface area contributed by atoms with E-state index in [1.807, 2.05) is 67.9 Å². The third kappa shape index (κ3) is 6.30. The third-order valence-corrected chi connectivity index (χ3v) is 7.37. The van der Waals surface area contributed by atoms with Crippen molar-refractivity contribution >= 4 is 40.0 Å². The summed E-state index contributed by atoms with van der Waals surface area (Å²) in [7, 11) is 4.73. The molecule has 0 saturated heterocycles. The maximum atomic E-state index is 12.8. The monoisotopic (exact) mass is 538 g/mol. The van der Waals surface area contributed by atoms with E-state index in [0.29, 0.717) is 32.9 Å². The fourth-order valence-corrected chi connectivity index (χ4v) is 5.18. The molecule has 0 bridgehead atoms. The highest BCUT2D eigenvalue weighted by Crippen LogP contribution is 2.37. The van der Waals surface area contributed by atoms with Gasteiger partial charge in [-0.15, -0.1) is 21.5 Å². The molecular weight excluding hydrogens is 512 g/mol. The van der Waals surface area contributed by atoms with Crippen LogP contribution >= 0.6 is 23.1 Å². The number of rotatable bonds is 10. The van der Waals surface area contributed by atoms with Crippen LogP contribution in [0.15, 0.2) is 59.1 Å². The normalized spacial score (nSPS) is 10.7. The molecule has 4 aromatic rings. The van der Waals surface area contributed by atoms with Crippen LogP contribution in [0, 0.1) is 6.92 Å². The minimum absolute atomic E-state index is 0.0844. The van der Waals surface area contributed by atoms with Crippen LogP contribution in [-0.2, 0) is 23.2 Å². The van der Waals surface area contributed by atoms with Crippen molar-refractivity contribution in [2.45, 2.75) is 18.7 Å². The van der Waals surface area contributed by atoms with Gasteiger partial charge in [-0.2, -0.15) is 0 Å². The lowest BCUT2D eigenvalue weighted by molar-refractivity contribution is -0.113. The van der Waals surface area contributed by atoms with Gasteiger partial charge in [-0.05, 0) is 42.3 Å². The zero-order chi connectivity index (χ0) is 26.4. The highest BCUT2D eigenvalue weighted by atomic mass is 32.2. The molecule has 4 rings (SSSR count). The summed E-state index contributed by atoms with van der Waals surface area (Å²) in [5.74, 6) is 1.38. The molecule has 0 aliphatic carbocycles. The van der Waals surface area contributed by atoms with Crippen LogP contribution in [0.2, 0.25) is 0 Å². The molecule has 0 unspecified atom stereocenters. The van der Waals surface area contributed by atoms with Gasteiger partial charge < -0.3 is 24.1 Å². The van der Waals surface area contributed by atoms with Crippen LogP contribution in [0.5, 0.6) is 11.5 Å². The number of esters is 1. The van der Waals surface area contributed by atoms with Gasteiger partial charge in [0.2, 0.25) is 5.91 Å². The molecule has 2 aromatic carbocycles. The quantitative estimate of drug-likeness (QED) is 0.223. The van der Waals surface area contributed by atoms with Crippen LogP contribution in [-0.4, -0.2) is 46.6 Å². The fourth-order valence-electron chi connectivity index (χ4n) is 3.48. The molecule has 0 fully saturated rings. The number of anilines is 1. The summed E-state index contributed by atoms with van der Waals surface area (Å²) in [6.45, 7) is 2.25. The maximum absolute atomic E-state index is 12.8. The largest absolute Gasteiger partial charge is 0.497 e. The van der Waals surface area contributed by atoms with E-state index in [1.165, 1.54) is 30.2 Å². The van der Waals surface area contributed by atoms with E-state index < -0.39 is 5.97 Å². The molecule has 0 spiro atoms. The molecule has 0 aliphatic rings. The Labute approximate surface area is 222 Å². The Balaban J connectivity index is 1.40. The van der Waals surface area contributed by atoms with Gasteiger partial charge in [-0.1, -0.05) is 36.0 Å². The van der Waals surface area contributed by atoms with Gasteiger partial charge in [-0.25, -0.2) is 4.79 Å². The van der Waals surface area contributed by atoms with Crippen LogP contribution in [0.4, 0.5) is 5.00 Å². The zero-order valence-electron chi connectivity index (χ0n) is 20.8. The number of methoxy groups -OCH3 is 2. The first kappa shape index (κ1) is 26.2. The molecular formula is C26H26N4O5S2. The predicted octanol–water partition coefficient (Wildman–Crippen LogP) is 4.96. The Morgan fingerprint density at radius 1 is 1.08 bits per heavy atom. The second kappa shape index (κ2) is 11.9. The average molecular weight is 539 g/mol. The molecule has 192 valence electrons. The second-order valence-electron chi connectivity index (χ2n) is 7.97. The molecule has 0 saturated carbocycles. The number of benzene rings is 2. The highest BCUT2D eigenvalue weighted by molar-refractivity contribution is 7.99. The van der Waals surface area contributed by atoms with Crippen LogP contribution in [0.1, 0.15) is 21.7 Å². The Bertz CT molecular complexity index is 1400. The summed E-state index contributed by atoms with van der Waals surface area (Å²) in [6.07, 6.45) is 0. The number of aryl methyl sites for hydroxylation is 1. The number of aromatic nitrogens is 3. The summed E-state index contributed by atoms with van der Waals surface area (Å²) in [4.78, 5) is 25.3. The molecule has 2 aromatic heterocycles. The zero-order valence-corrected chi connectivity index (χ0v) is 22.4. The Morgan fingerprint density at radius 2 is 1.86 bits per heavy atom. The van der Waals surface area contributed by atoms with Crippen molar-refractivity contribution in [3.05, 3.63) is 70.9 Å². The summed E-state index contributed by atoms with van der Waals surface area (Å²) < 4.78 is 17.8. The molecule has 0 radical (unpaired) electrons. The van der Waals surface area contributed by atoms with Crippen molar-refractivity contribution in [3.8, 4) is 22.6 Å². The van der Waals surface area contributed by atoms with Crippen molar-refractivity contribution in [1.29, 1.82) is 0 Å². The number of nitrogens with zero attached hydrogens (tertiary/aromatic N) is 3. The lowest BCUT2D eigenvalue weighted by atomic mass is 10.0. The third-order valence-electron chi connectivity index (χ3n) is 5.45. The summed E-state index contributed by atoms with van der Waals surface area (Å²) in [5.41, 5.74) is 2.90. The molecule has 2 heterocycles. The first-order valence-corrected chi connectivity index (χ1v) is 13.1. The number of thiophene rings is 1. The second-order valence-corrected chi connectivity index (χ2v) is 9.80. The summed E-state index contributed by atoms with van der Waals surface area (Å²) in [5, 5.41) is 14.0. The SMILES string of the molecule is COC(=O)c1c(-c2ccc(OC)cc2)csc1NC(=O)CSc1nnc(COc2cccc(C)c2)n1C. The van der Waals surface area contributed by atoms with Gasteiger partial charge in [-0.3, -0.25) is 4.79 Å². The standard InChI is InChI=1S/C26H26N4O5S2/c1-16-6-5-7-19(12-16)35-13-21-28-29-26(30(21)2)37-15-22(31)27-24-23(25(32)34-4)20(14-36-24)17-8-10-18(33-3)11-9-17/h5-12,14H,13,15H2,1-4H3,(H,27,31). The number of thioether (sulfide) groups is 1. The molecule has 9 nitrogen and oxygen atoms in total. The highest BCUT2D eigenvalue weighted by Gasteiger charge is 2.23. The van der Waals surface area contributed by atoms with Crippen molar-refractivity contribution < 1.29 is 23.8 Å². The Kier molecular flexibility index (Phi) is 8.47. The van der Waals surface area contributed by atoms with E-state index in [0.717, 1.165) is 16.9 Å². The van der Waals surface area contributed by atoms with Crippen molar-refractivity contribution in [1.82, 2.24) is 14.8 Å². The number of carbonyl (C=O) groups is 2. The van der Waals surface area contributed by atoms with Gasteiger partial charge in [0.15, 0.2) is 11.0 Å². The van der Waals surface area contributed by atoms with Gasteiger partial charge >= 0.3 is 5.97 Å². The fraction of sp³-hybridized carbons (Fsp3) is 0.231. The van der Waals surface area contributed by atoms with Crippen LogP contribution in [0.25, 0.3) is 11.1 Å². The predicted molar refractivity (Wildman–Crippen MR) is 144 cm³/mol. The molecule has 1 N–H and O–H groups in total. The minimum atomic E-state index is -0.526. The van der Waals surface area contributed by atoms with E-state index in [9.17, 15) is 9.59 Å². The van der Waals surface area contributed by atoms with Crippen molar-refractivity contribution in [2.75, 3.05) is 25.3 Å². The molecule has 37 heavy (non-hydrogen) atoms. The maximum Gasteiger partial charge on any atom is 0.341 e. The lowest BCUT2D eigenvalue weighted by Crippen LogP contribution is -2.16. The minimum Gasteiger partial charge on any atom is -0.497 e. The van der Waals surface area contributed by atoms with Gasteiger partial charge in [0.1, 0.15) is 28.7 Å². The average Bonchev–Trinajstić information content (AvgIpc) is 3.48. The summed E-state index contributed by atoms with van der Waals surface area (Å²) >= 11 is 2.51. The number of hydrogen-bond acceptors (Lipinski definition) is 9. The van der Waals surface area contributed by atoms with Crippen molar-refractivity contribution in [2.24, 2.45) is 7.05 Å². The van der Waals surface area contributed by atoms with Gasteiger partial charge in [0.05, 0.1) is 20.0 Å². The van der Waals surface area contributed by atoms with Crippen molar-refractivity contribution in [3.63, 3.8) is 0 Å². The van der Waals surface area contributed by atoms with E-state index in [-0.39, 0.29) is 18.3 Å². The first-order valence-electron chi connectivity index (χ1n) is 11.2. The topological polar surface area (TPSA) is 105 Å². The number of amides is 1. The Hall–Kier alpha value is -3.83. The van der Waals surface area contributed by atoms with Gasteiger partial charge in [0.25, 0.3) is 0 Å². The first-order chi connectivity index (χ1) is 17.9. The molecule has 0 atom stereocenters. The number of carbonyl (C=O) groups excluding carboxylic acids is 2. The van der Waals surface area contributed by atoms with E-state index in [1.54, 1.807) is 11.7 Å². The van der Waals surface area contributed by atoms with E-state index >= 15 is 0 Å². The van der Waals surface area contributed by atoms with E-state index in [4.69, 9.17) is 14.2 Å². The lowest BCUT2D eigenvalue weighted by Gasteiger charge is -2.09. The molecule has 11 heteroatoms. The number of hydrogen-bond donors (Lipinski definition) is 1. The number of nitrogens with one attached hydrogen (secondary N) is 1. The van der Waals surface area contributed by atoms with Gasteiger partial charge in [0, 0.05) is 18.0 Å². The number of ether oxygens (including phenoxy) is 3. The van der Waals surface area contributed by atoms with E-state index in [2.05, 4.69) is 15.5 Å². The van der Waals surface area contributed by atoms with Crippen LogP contribution in [0.3, 0.4) is 0 Å². The Morgan fingerprint density at radius 3 is 2.57 bits per heavy atom. The van der Waals surface area contributed by atoms with Crippen LogP contribution < -0.4 is 14.8 Å². The molecule has 0 aliphatic heterocycles. The smallest absolute Gasteiger partial charge is 0.341 e.